The monoisotopic (exact) mass is 722 g/mol. The van der Waals surface area contributed by atoms with Crippen molar-refractivity contribution in [2.24, 2.45) is 0 Å². The number of aromatic carboxylic acids is 1. The van der Waals surface area contributed by atoms with E-state index >= 15 is 0 Å². The average molecular weight is 723 g/mol. The number of carbonyl (C=O) groups is 3. The largest absolute Gasteiger partial charge is 0.478 e. The molecule has 0 atom stereocenters. The first-order valence-corrected chi connectivity index (χ1v) is 19.2. The predicted octanol–water partition coefficient (Wildman–Crippen LogP) is 4.17. The maximum atomic E-state index is 13.7. The van der Waals surface area contributed by atoms with Gasteiger partial charge in [0.25, 0.3) is 0 Å². The van der Waals surface area contributed by atoms with Gasteiger partial charge in [-0.2, -0.15) is 0 Å². The Hall–Kier alpha value is -4.74. The number of alkyl carbamates (subject to hydrolysis) is 1. The lowest BCUT2D eigenvalue weighted by atomic mass is 9.81. The highest BCUT2D eigenvalue weighted by Crippen LogP contribution is 2.49. The minimum atomic E-state index is -1.02. The van der Waals surface area contributed by atoms with Gasteiger partial charge in [-0.25, -0.2) is 14.2 Å². The zero-order chi connectivity index (χ0) is 36.5. The summed E-state index contributed by atoms with van der Waals surface area (Å²) in [6.45, 7) is 5.99. The highest BCUT2D eigenvalue weighted by molar-refractivity contribution is 6.03. The van der Waals surface area contributed by atoms with E-state index in [0.717, 1.165) is 105 Å². The van der Waals surface area contributed by atoms with E-state index in [4.69, 9.17) is 14.2 Å². The van der Waals surface area contributed by atoms with Crippen molar-refractivity contribution in [3.8, 4) is 11.5 Å². The van der Waals surface area contributed by atoms with E-state index in [9.17, 15) is 19.5 Å². The molecule has 11 heteroatoms. The van der Waals surface area contributed by atoms with Gasteiger partial charge in [-0.3, -0.25) is 4.79 Å². The predicted molar refractivity (Wildman–Crippen MR) is 199 cm³/mol. The smallest absolute Gasteiger partial charge is 0.406 e. The number of ketones is 1. The number of carbonyl (C=O) groups excluding carboxylic acids is 2. The van der Waals surface area contributed by atoms with Crippen molar-refractivity contribution >= 4 is 29.1 Å². The molecule has 3 aromatic carbocycles. The lowest BCUT2D eigenvalue weighted by Crippen LogP contribution is -2.45. The standard InChI is InChI=1S/C42H47N3O8/c1-50-42(49)43-14-20-52-22-21-51-19-6-11-35(46)26-12-13-29(41(47)48)32(23-26)36-33-24-27-7-2-15-44-17-4-9-30(37(27)44)39(33)53-40-31-10-5-18-45-16-3-8-28(38(31)45)25-34(36)40/h12-13,23-25H,2-11,14-22H2,1H3,(H-,43,47,48,49)/p+1. The van der Waals surface area contributed by atoms with Crippen LogP contribution in [0.5, 0.6) is 11.5 Å². The van der Waals surface area contributed by atoms with Crippen LogP contribution in [0, 0.1) is 0 Å². The number of anilines is 1. The van der Waals surface area contributed by atoms with Crippen molar-refractivity contribution in [2.75, 3.05) is 71.2 Å². The molecule has 5 aliphatic heterocycles. The first kappa shape index (κ1) is 35.3. The van der Waals surface area contributed by atoms with Crippen molar-refractivity contribution < 1.29 is 38.4 Å². The highest BCUT2D eigenvalue weighted by Gasteiger charge is 2.36. The van der Waals surface area contributed by atoms with Gasteiger partial charge in [0.05, 0.1) is 38.1 Å². The number of hydrogen-bond acceptors (Lipinski definition) is 8. The topological polar surface area (TPSA) is 127 Å². The molecule has 2 N–H and O–H groups in total. The van der Waals surface area contributed by atoms with Gasteiger partial charge >= 0.3 is 12.1 Å². The molecule has 0 saturated heterocycles. The van der Waals surface area contributed by atoms with Crippen LogP contribution in [0.2, 0.25) is 0 Å². The van der Waals surface area contributed by atoms with Gasteiger partial charge in [0.2, 0.25) is 5.36 Å². The van der Waals surface area contributed by atoms with Crippen LogP contribution in [0.25, 0.3) is 5.57 Å². The Bertz CT molecular complexity index is 2100. The van der Waals surface area contributed by atoms with Gasteiger partial charge in [-0.1, -0.05) is 6.07 Å². The number of carboxylic acid groups (broad SMARTS) is 1. The third kappa shape index (κ3) is 6.81. The highest BCUT2D eigenvalue weighted by atomic mass is 16.5. The summed E-state index contributed by atoms with van der Waals surface area (Å²) in [6, 6.07) is 9.59. The average Bonchev–Trinajstić information content (AvgIpc) is 3.18. The van der Waals surface area contributed by atoms with Crippen LogP contribution in [0.4, 0.5) is 10.5 Å². The molecule has 0 bridgehead atoms. The summed E-state index contributed by atoms with van der Waals surface area (Å²) in [7, 11) is 1.31. The van der Waals surface area contributed by atoms with E-state index in [0.29, 0.717) is 50.5 Å². The van der Waals surface area contributed by atoms with Crippen LogP contribution in [0.3, 0.4) is 0 Å². The molecule has 1 amide bonds. The molecule has 0 spiro atoms. The number of ether oxygens (including phenoxy) is 4. The van der Waals surface area contributed by atoms with E-state index in [1.807, 2.05) is 6.07 Å². The number of rotatable bonds is 13. The number of nitrogens with zero attached hydrogens (tertiary/aromatic N) is 2. The number of aryl methyl sites for hydroxylation is 2. The number of fused-ring (bicyclic) bond motifs is 4. The quantitative estimate of drug-likeness (QED) is 0.119. The van der Waals surface area contributed by atoms with Crippen molar-refractivity contribution in [1.82, 2.24) is 9.89 Å². The summed E-state index contributed by atoms with van der Waals surface area (Å²) in [5, 5.41) is 15.4. The normalized spacial score (nSPS) is 16.5. The number of hydrogen-bond donors (Lipinski definition) is 2. The number of carboxylic acids is 1. The first-order valence-electron chi connectivity index (χ1n) is 19.2. The Morgan fingerprint density at radius 1 is 0.849 bits per heavy atom. The van der Waals surface area contributed by atoms with Crippen molar-refractivity contribution in [1.29, 1.82) is 0 Å². The molecule has 3 aromatic rings. The molecular formula is C42H48N3O8+. The molecule has 0 aromatic heterocycles. The fourth-order valence-corrected chi connectivity index (χ4v) is 9.01. The van der Waals surface area contributed by atoms with Crippen molar-refractivity contribution in [2.45, 2.75) is 64.2 Å². The number of nitrogens with one attached hydrogen (secondary N) is 1. The number of Topliss-reactive ketones (excluding diaryl/α,β-unsaturated/α-hetero) is 1. The second-order valence-electron chi connectivity index (χ2n) is 14.6. The summed E-state index contributed by atoms with van der Waals surface area (Å²) >= 11 is 0. The number of benzene rings is 3. The molecule has 5 aliphatic rings. The van der Waals surface area contributed by atoms with E-state index in [1.165, 1.54) is 40.4 Å². The van der Waals surface area contributed by atoms with Crippen LogP contribution < -0.4 is 30.1 Å². The summed E-state index contributed by atoms with van der Waals surface area (Å²) in [4.78, 5) is 40.3. The lowest BCUT2D eigenvalue weighted by molar-refractivity contribution is 0.0469. The molecule has 278 valence electrons. The fraction of sp³-hybridized carbons (Fsp3) is 0.476. The Labute approximate surface area is 309 Å². The van der Waals surface area contributed by atoms with Gasteiger partial charge in [-0.05, 0) is 80.3 Å². The second-order valence-corrected chi connectivity index (χ2v) is 14.6. The van der Waals surface area contributed by atoms with Crippen molar-refractivity contribution in [3.05, 3.63) is 85.4 Å². The zero-order valence-corrected chi connectivity index (χ0v) is 30.5. The van der Waals surface area contributed by atoms with Gasteiger partial charge in [-0.15, -0.1) is 0 Å². The molecule has 53 heavy (non-hydrogen) atoms. The molecule has 0 aliphatic carbocycles. The first-order chi connectivity index (χ1) is 25.9. The van der Waals surface area contributed by atoms with Crippen LogP contribution in [0.15, 0.2) is 30.3 Å². The van der Waals surface area contributed by atoms with Gasteiger partial charge in [0.1, 0.15) is 24.6 Å². The van der Waals surface area contributed by atoms with Gasteiger partial charge in [0.15, 0.2) is 5.78 Å². The van der Waals surface area contributed by atoms with Gasteiger partial charge in [0, 0.05) is 84.2 Å². The van der Waals surface area contributed by atoms with E-state index in [1.54, 1.807) is 12.1 Å². The van der Waals surface area contributed by atoms with E-state index in [2.05, 4.69) is 31.7 Å². The molecule has 5 heterocycles. The third-order valence-electron chi connectivity index (χ3n) is 11.3. The van der Waals surface area contributed by atoms with Crippen LogP contribution >= 0.6 is 0 Å². The molecule has 11 nitrogen and oxygen atoms in total. The minimum absolute atomic E-state index is 0.0580. The Balaban J connectivity index is 1.14. The Kier molecular flexibility index (Phi) is 10.2. The van der Waals surface area contributed by atoms with E-state index in [-0.39, 0.29) is 17.8 Å². The minimum Gasteiger partial charge on any atom is -0.478 e. The zero-order valence-electron chi connectivity index (χ0n) is 30.5. The molecular weight excluding hydrogens is 674 g/mol. The van der Waals surface area contributed by atoms with Crippen LogP contribution in [0.1, 0.15) is 92.6 Å². The SMILES string of the molecule is COC(=O)NCCOCCOCCCC(=O)c1ccc(C(=O)O)c(C2=c3cc4c5c(c3Oc3c2cc2c6c3CCCN6CCC2)CCC[N+]=5CCC4)c1. The number of amides is 1. The Morgan fingerprint density at radius 2 is 1.60 bits per heavy atom. The maximum absolute atomic E-state index is 13.7. The second kappa shape index (κ2) is 15.3. The molecule has 0 fully saturated rings. The summed E-state index contributed by atoms with van der Waals surface area (Å²) in [5.74, 6) is 0.637. The molecule has 8 rings (SSSR count). The van der Waals surface area contributed by atoms with Gasteiger partial charge < -0.3 is 34.3 Å². The Morgan fingerprint density at radius 3 is 2.42 bits per heavy atom. The fourth-order valence-electron chi connectivity index (χ4n) is 9.01. The summed E-state index contributed by atoms with van der Waals surface area (Å²) in [6.07, 6.45) is 8.34. The van der Waals surface area contributed by atoms with Crippen LogP contribution in [-0.4, -0.2) is 89.2 Å². The lowest BCUT2D eigenvalue weighted by Gasteiger charge is -2.39. The molecule has 0 radical (unpaired) electrons. The summed E-state index contributed by atoms with van der Waals surface area (Å²) in [5.41, 5.74) is 9.41. The number of methoxy groups -OCH3 is 1. The maximum Gasteiger partial charge on any atom is 0.406 e. The summed E-state index contributed by atoms with van der Waals surface area (Å²) < 4.78 is 25.3. The van der Waals surface area contributed by atoms with Crippen molar-refractivity contribution in [3.63, 3.8) is 0 Å². The van der Waals surface area contributed by atoms with E-state index < -0.39 is 12.1 Å². The van der Waals surface area contributed by atoms with Crippen LogP contribution in [-0.2, 0) is 39.9 Å². The molecule has 0 saturated carbocycles. The third-order valence-corrected chi connectivity index (χ3v) is 11.3. The molecule has 0 unspecified atom stereocenters.